The maximum atomic E-state index is 14.2. The van der Waals surface area contributed by atoms with Crippen molar-refractivity contribution >= 4 is 35.3 Å². The van der Waals surface area contributed by atoms with Crippen LogP contribution < -0.4 is 10.2 Å². The van der Waals surface area contributed by atoms with Gasteiger partial charge in [0.25, 0.3) is 5.69 Å². The average molecular weight is 508 g/mol. The molecule has 2 aromatic carbocycles. The highest BCUT2D eigenvalue weighted by Gasteiger charge is 2.63. The van der Waals surface area contributed by atoms with Gasteiger partial charge in [0.1, 0.15) is 0 Å². The van der Waals surface area contributed by atoms with Crippen LogP contribution in [-0.4, -0.2) is 70.9 Å². The van der Waals surface area contributed by atoms with E-state index in [1.54, 1.807) is 37.3 Å². The Morgan fingerprint density at radius 3 is 2.62 bits per heavy atom. The summed E-state index contributed by atoms with van der Waals surface area (Å²) >= 11 is 0. The van der Waals surface area contributed by atoms with Crippen molar-refractivity contribution in [1.82, 2.24) is 15.1 Å². The van der Waals surface area contributed by atoms with Crippen LogP contribution in [0.5, 0.6) is 0 Å². The number of amides is 5. The lowest BCUT2D eigenvalue weighted by atomic mass is 9.67. The minimum absolute atomic E-state index is 0.00177. The Balaban J connectivity index is 1.61. The number of nitro benzene ring substituents is 1. The van der Waals surface area contributed by atoms with Crippen molar-refractivity contribution in [2.45, 2.75) is 25.9 Å². The summed E-state index contributed by atoms with van der Waals surface area (Å²) in [7, 11) is 0. The number of piperazine rings is 1. The summed E-state index contributed by atoms with van der Waals surface area (Å²) in [5.41, 5.74) is -0.172. The third kappa shape index (κ3) is 3.94. The number of hydrogen-bond donors (Lipinski definition) is 1. The first kappa shape index (κ1) is 24.2. The molecular formula is C25H25N5O7. The smallest absolute Gasteiger partial charge is 0.409 e. The number of rotatable bonds is 4. The number of anilines is 1. The minimum Gasteiger partial charge on any atom is -0.450 e. The summed E-state index contributed by atoms with van der Waals surface area (Å²) < 4.78 is 5.16. The predicted octanol–water partition coefficient (Wildman–Crippen LogP) is 2.06. The number of urea groups is 1. The van der Waals surface area contributed by atoms with Crippen LogP contribution >= 0.6 is 0 Å². The molecule has 5 rings (SSSR count). The number of carbonyl (C=O) groups excluding carboxylic acids is 4. The van der Waals surface area contributed by atoms with Gasteiger partial charge in [0.05, 0.1) is 24.1 Å². The van der Waals surface area contributed by atoms with E-state index in [-0.39, 0.29) is 44.9 Å². The molecule has 3 heterocycles. The van der Waals surface area contributed by atoms with Crippen LogP contribution in [0.1, 0.15) is 18.1 Å². The molecule has 192 valence electrons. The van der Waals surface area contributed by atoms with Gasteiger partial charge >= 0.3 is 12.1 Å². The van der Waals surface area contributed by atoms with Gasteiger partial charge in [-0.25, -0.2) is 9.59 Å². The van der Waals surface area contributed by atoms with E-state index in [4.69, 9.17) is 4.74 Å². The third-order valence-corrected chi connectivity index (χ3v) is 7.21. The molecule has 0 aromatic heterocycles. The Hall–Kier alpha value is -4.48. The number of nitrogens with one attached hydrogen (secondary N) is 1. The monoisotopic (exact) mass is 507 g/mol. The predicted molar refractivity (Wildman–Crippen MR) is 129 cm³/mol. The van der Waals surface area contributed by atoms with E-state index >= 15 is 0 Å². The number of carbonyl (C=O) groups is 4. The van der Waals surface area contributed by atoms with Gasteiger partial charge in [0, 0.05) is 43.9 Å². The maximum Gasteiger partial charge on any atom is 0.409 e. The number of hydrogen-bond acceptors (Lipinski definition) is 8. The van der Waals surface area contributed by atoms with E-state index in [0.29, 0.717) is 16.8 Å². The van der Waals surface area contributed by atoms with E-state index in [9.17, 15) is 29.3 Å². The number of ether oxygens (including phenoxy) is 1. The fraction of sp³-hybridized carbons (Fsp3) is 0.360. The van der Waals surface area contributed by atoms with Crippen molar-refractivity contribution in [2.75, 3.05) is 31.1 Å². The second-order valence-corrected chi connectivity index (χ2v) is 9.21. The zero-order valence-corrected chi connectivity index (χ0v) is 20.1. The largest absolute Gasteiger partial charge is 0.450 e. The molecule has 3 aliphatic rings. The van der Waals surface area contributed by atoms with Gasteiger partial charge in [-0.3, -0.25) is 29.9 Å². The summed E-state index contributed by atoms with van der Waals surface area (Å²) in [6.07, 6.45) is -0.724. The van der Waals surface area contributed by atoms with Crippen LogP contribution in [0.3, 0.4) is 0 Å². The zero-order chi connectivity index (χ0) is 26.3. The Morgan fingerprint density at radius 2 is 1.92 bits per heavy atom. The summed E-state index contributed by atoms with van der Waals surface area (Å²) in [5, 5.41) is 13.8. The Bertz CT molecular complexity index is 1300. The molecule has 0 saturated carbocycles. The van der Waals surface area contributed by atoms with Crippen molar-refractivity contribution in [3.63, 3.8) is 0 Å². The third-order valence-electron chi connectivity index (χ3n) is 7.21. The normalized spacial score (nSPS) is 22.9. The highest BCUT2D eigenvalue weighted by Crippen LogP contribution is 2.46. The lowest BCUT2D eigenvalue weighted by Crippen LogP contribution is -2.75. The molecule has 37 heavy (non-hydrogen) atoms. The Kier molecular flexibility index (Phi) is 6.02. The number of barbiturate groups is 1. The lowest BCUT2D eigenvalue weighted by molar-refractivity contribution is -0.384. The lowest BCUT2D eigenvalue weighted by Gasteiger charge is -2.55. The second kappa shape index (κ2) is 9.19. The number of fused-ring (bicyclic) bond motifs is 4. The summed E-state index contributed by atoms with van der Waals surface area (Å²) in [6, 6.07) is 11.6. The van der Waals surface area contributed by atoms with Crippen molar-refractivity contribution in [3.8, 4) is 0 Å². The molecule has 12 heteroatoms. The first-order valence-electron chi connectivity index (χ1n) is 11.9. The van der Waals surface area contributed by atoms with Crippen LogP contribution in [0, 0.1) is 15.5 Å². The van der Waals surface area contributed by atoms with E-state index in [1.165, 1.54) is 17.0 Å². The Morgan fingerprint density at radius 1 is 1.16 bits per heavy atom. The first-order valence-corrected chi connectivity index (χ1v) is 11.9. The fourth-order valence-corrected chi connectivity index (χ4v) is 5.46. The van der Waals surface area contributed by atoms with Crippen LogP contribution in [0.25, 0.3) is 0 Å². The van der Waals surface area contributed by atoms with Crippen LogP contribution in [0.15, 0.2) is 48.5 Å². The molecule has 1 spiro atoms. The first-order chi connectivity index (χ1) is 17.8. The van der Waals surface area contributed by atoms with Crippen molar-refractivity contribution in [3.05, 3.63) is 69.8 Å². The molecule has 2 atom stereocenters. The van der Waals surface area contributed by atoms with Crippen molar-refractivity contribution in [1.29, 1.82) is 0 Å². The molecule has 0 unspecified atom stereocenters. The van der Waals surface area contributed by atoms with Gasteiger partial charge in [-0.1, -0.05) is 30.3 Å². The molecule has 2 aromatic rings. The zero-order valence-electron chi connectivity index (χ0n) is 20.1. The van der Waals surface area contributed by atoms with Gasteiger partial charge in [0.2, 0.25) is 11.8 Å². The quantitative estimate of drug-likeness (QED) is 0.376. The van der Waals surface area contributed by atoms with Gasteiger partial charge in [-0.05, 0) is 24.1 Å². The highest BCUT2D eigenvalue weighted by atomic mass is 16.6. The SMILES string of the molecule is CCOC(=O)N1CCN2c3ccc([N+](=O)[O-])cc3C[C@]3(C(=O)NC(=O)N(Cc4ccccc4)C3=O)[C@@H]2C1. The van der Waals surface area contributed by atoms with E-state index in [1.807, 2.05) is 11.0 Å². The topological polar surface area (TPSA) is 142 Å². The maximum absolute atomic E-state index is 14.2. The van der Waals surface area contributed by atoms with Crippen LogP contribution in [0.4, 0.5) is 21.0 Å². The van der Waals surface area contributed by atoms with Gasteiger partial charge in [-0.2, -0.15) is 0 Å². The number of nitrogens with zero attached hydrogens (tertiary/aromatic N) is 4. The molecule has 12 nitrogen and oxygen atoms in total. The molecule has 5 amide bonds. The molecule has 0 aliphatic carbocycles. The summed E-state index contributed by atoms with van der Waals surface area (Å²) in [4.78, 5) is 68.4. The highest BCUT2D eigenvalue weighted by molar-refractivity contribution is 6.20. The van der Waals surface area contributed by atoms with Crippen LogP contribution in [0.2, 0.25) is 0 Å². The number of imide groups is 2. The van der Waals surface area contributed by atoms with Crippen LogP contribution in [-0.2, 0) is 27.3 Å². The van der Waals surface area contributed by atoms with Gasteiger partial charge < -0.3 is 14.5 Å². The number of benzene rings is 2. The molecule has 2 saturated heterocycles. The van der Waals surface area contributed by atoms with Crippen molar-refractivity contribution < 1.29 is 28.8 Å². The van der Waals surface area contributed by atoms with Gasteiger partial charge in [-0.15, -0.1) is 0 Å². The Labute approximate surface area is 211 Å². The molecular weight excluding hydrogens is 482 g/mol. The summed E-state index contributed by atoms with van der Waals surface area (Å²) in [6.45, 7) is 2.33. The number of nitro groups is 1. The standard InChI is InChI=1S/C25H25N5O7/c1-2-37-24(34)27-10-11-28-19-9-8-18(30(35)36)12-17(19)13-25(20(28)15-27)21(31)26-23(33)29(22(25)32)14-16-6-4-3-5-7-16/h3-9,12,20H,2,10-11,13-15H2,1H3,(H,26,31,33)/t20-,25+/m0/s1. The van der Waals surface area contributed by atoms with E-state index < -0.39 is 40.3 Å². The second-order valence-electron chi connectivity index (χ2n) is 9.21. The molecule has 0 bridgehead atoms. The van der Waals surface area contributed by atoms with E-state index in [0.717, 1.165) is 4.90 Å². The molecule has 2 fully saturated rings. The van der Waals surface area contributed by atoms with E-state index in [2.05, 4.69) is 5.32 Å². The minimum atomic E-state index is -1.80. The summed E-state index contributed by atoms with van der Waals surface area (Å²) in [5.74, 6) is -1.49. The fourth-order valence-electron chi connectivity index (χ4n) is 5.46. The van der Waals surface area contributed by atoms with Gasteiger partial charge in [0.15, 0.2) is 5.41 Å². The molecule has 3 aliphatic heterocycles. The van der Waals surface area contributed by atoms with Crippen molar-refractivity contribution in [2.24, 2.45) is 5.41 Å². The molecule has 1 N–H and O–H groups in total. The number of non-ortho nitro benzene ring substituents is 1. The molecule has 0 radical (unpaired) electrons. The average Bonchev–Trinajstić information content (AvgIpc) is 2.90.